The monoisotopic (exact) mass is 234 g/mol. The SMILES string of the molecule is CC1(C)C=C2C3=C(COC3=O)[C@](C)(O)CC2C1. The van der Waals surface area contributed by atoms with Crippen molar-refractivity contribution in [1.82, 2.24) is 0 Å². The summed E-state index contributed by atoms with van der Waals surface area (Å²) < 4.78 is 5.10. The number of aliphatic hydroxyl groups is 1. The lowest BCUT2D eigenvalue weighted by molar-refractivity contribution is -0.135. The molecule has 1 N–H and O–H groups in total. The number of allylic oxidation sites excluding steroid dienone is 1. The van der Waals surface area contributed by atoms with Crippen LogP contribution in [0.1, 0.15) is 33.6 Å². The van der Waals surface area contributed by atoms with Gasteiger partial charge in [0.25, 0.3) is 0 Å². The van der Waals surface area contributed by atoms with E-state index in [9.17, 15) is 9.90 Å². The maximum absolute atomic E-state index is 11.8. The predicted molar refractivity (Wildman–Crippen MR) is 63.2 cm³/mol. The third-order valence-electron chi connectivity index (χ3n) is 4.19. The van der Waals surface area contributed by atoms with Gasteiger partial charge >= 0.3 is 5.97 Å². The molecule has 3 aliphatic rings. The molecule has 0 aromatic heterocycles. The number of hydrogen-bond acceptors (Lipinski definition) is 3. The van der Waals surface area contributed by atoms with Gasteiger partial charge in [-0.05, 0) is 36.7 Å². The van der Waals surface area contributed by atoms with Crippen molar-refractivity contribution in [3.05, 3.63) is 22.8 Å². The van der Waals surface area contributed by atoms with Crippen LogP contribution in [0.5, 0.6) is 0 Å². The first-order valence-electron chi connectivity index (χ1n) is 6.16. The lowest BCUT2D eigenvalue weighted by Crippen LogP contribution is -2.36. The van der Waals surface area contributed by atoms with Crippen LogP contribution in [-0.4, -0.2) is 23.3 Å². The van der Waals surface area contributed by atoms with Gasteiger partial charge in [0.1, 0.15) is 6.61 Å². The second-order valence-corrected chi connectivity index (χ2v) is 6.40. The zero-order valence-corrected chi connectivity index (χ0v) is 10.5. The molecule has 3 heteroatoms. The van der Waals surface area contributed by atoms with Gasteiger partial charge in [0.05, 0.1) is 11.2 Å². The number of carbonyl (C=O) groups is 1. The fourth-order valence-corrected chi connectivity index (χ4v) is 3.53. The average molecular weight is 234 g/mol. The zero-order valence-electron chi connectivity index (χ0n) is 10.5. The molecule has 0 aromatic carbocycles. The maximum Gasteiger partial charge on any atom is 0.338 e. The van der Waals surface area contributed by atoms with E-state index in [0.29, 0.717) is 17.9 Å². The van der Waals surface area contributed by atoms with Crippen molar-refractivity contribution < 1.29 is 14.6 Å². The second-order valence-electron chi connectivity index (χ2n) is 6.40. The van der Waals surface area contributed by atoms with Crippen LogP contribution in [0.15, 0.2) is 22.8 Å². The van der Waals surface area contributed by atoms with E-state index in [1.54, 1.807) is 6.92 Å². The molecule has 0 fully saturated rings. The third-order valence-corrected chi connectivity index (χ3v) is 4.19. The van der Waals surface area contributed by atoms with Crippen LogP contribution in [0.25, 0.3) is 0 Å². The Labute approximate surface area is 101 Å². The first-order valence-corrected chi connectivity index (χ1v) is 6.16. The Balaban J connectivity index is 2.15. The molecule has 0 bridgehead atoms. The minimum atomic E-state index is -0.885. The molecule has 0 saturated heterocycles. The summed E-state index contributed by atoms with van der Waals surface area (Å²) in [7, 11) is 0. The molecule has 3 rings (SSSR count). The lowest BCUT2D eigenvalue weighted by atomic mass is 9.73. The number of fused-ring (bicyclic) bond motifs is 2. The molecular weight excluding hydrogens is 216 g/mol. The van der Waals surface area contributed by atoms with Crippen LogP contribution in [0.4, 0.5) is 0 Å². The quantitative estimate of drug-likeness (QED) is 0.652. The van der Waals surface area contributed by atoms with Crippen LogP contribution in [0.3, 0.4) is 0 Å². The standard InChI is InChI=1S/C14H18O3/c1-13(2)4-8-5-14(3,16)10-7-17-12(15)11(10)9(8)6-13/h6,8,16H,4-5,7H2,1-3H3/t8?,14-/m1/s1. The summed E-state index contributed by atoms with van der Waals surface area (Å²) in [6.07, 6.45) is 3.90. The van der Waals surface area contributed by atoms with E-state index in [1.807, 2.05) is 0 Å². The number of esters is 1. The molecule has 17 heavy (non-hydrogen) atoms. The summed E-state index contributed by atoms with van der Waals surface area (Å²) in [5, 5.41) is 10.5. The predicted octanol–water partition coefficient (Wildman–Crippen LogP) is 1.97. The summed E-state index contributed by atoms with van der Waals surface area (Å²) in [6.45, 7) is 6.40. The maximum atomic E-state index is 11.8. The van der Waals surface area contributed by atoms with E-state index in [4.69, 9.17) is 4.74 Å². The van der Waals surface area contributed by atoms with Gasteiger partial charge in [0.15, 0.2) is 0 Å². The van der Waals surface area contributed by atoms with Gasteiger partial charge in [-0.15, -0.1) is 0 Å². The molecule has 1 heterocycles. The molecule has 3 nitrogen and oxygen atoms in total. The van der Waals surface area contributed by atoms with E-state index in [2.05, 4.69) is 19.9 Å². The number of ether oxygens (including phenoxy) is 1. The minimum Gasteiger partial charge on any atom is -0.457 e. The third kappa shape index (κ3) is 1.48. The smallest absolute Gasteiger partial charge is 0.338 e. The van der Waals surface area contributed by atoms with Crippen molar-refractivity contribution >= 4 is 5.97 Å². The fraction of sp³-hybridized carbons (Fsp3) is 0.643. The first kappa shape index (κ1) is 11.0. The molecular formula is C14H18O3. The summed E-state index contributed by atoms with van der Waals surface area (Å²) >= 11 is 0. The molecule has 0 saturated carbocycles. The van der Waals surface area contributed by atoms with E-state index in [-0.39, 0.29) is 18.0 Å². The zero-order chi connectivity index (χ0) is 12.4. The van der Waals surface area contributed by atoms with Crippen LogP contribution in [-0.2, 0) is 9.53 Å². The van der Waals surface area contributed by atoms with Gasteiger partial charge in [-0.3, -0.25) is 0 Å². The molecule has 0 amide bonds. The van der Waals surface area contributed by atoms with Gasteiger partial charge < -0.3 is 9.84 Å². The lowest BCUT2D eigenvalue weighted by Gasteiger charge is -2.34. The Kier molecular flexibility index (Phi) is 1.96. The Morgan fingerprint density at radius 2 is 2.06 bits per heavy atom. The molecule has 1 unspecified atom stereocenters. The number of rotatable bonds is 0. The minimum absolute atomic E-state index is 0.112. The molecule has 0 radical (unpaired) electrons. The van der Waals surface area contributed by atoms with Crippen molar-refractivity contribution in [2.45, 2.75) is 39.2 Å². The Hall–Kier alpha value is -1.09. The summed E-state index contributed by atoms with van der Waals surface area (Å²) in [6, 6.07) is 0. The molecule has 0 spiro atoms. The molecule has 1 aliphatic heterocycles. The van der Waals surface area contributed by atoms with Gasteiger partial charge in [-0.25, -0.2) is 4.79 Å². The molecule has 0 aromatic rings. The van der Waals surface area contributed by atoms with E-state index in [1.165, 1.54) is 0 Å². The van der Waals surface area contributed by atoms with Crippen molar-refractivity contribution in [1.29, 1.82) is 0 Å². The van der Waals surface area contributed by atoms with Crippen LogP contribution in [0.2, 0.25) is 0 Å². The summed E-state index contributed by atoms with van der Waals surface area (Å²) in [5.41, 5.74) is 1.78. The highest BCUT2D eigenvalue weighted by atomic mass is 16.5. The van der Waals surface area contributed by atoms with E-state index in [0.717, 1.165) is 17.6 Å². The highest BCUT2D eigenvalue weighted by molar-refractivity contribution is 5.98. The van der Waals surface area contributed by atoms with Crippen LogP contribution in [0, 0.1) is 11.3 Å². The van der Waals surface area contributed by atoms with Gasteiger partial charge in [0.2, 0.25) is 0 Å². The van der Waals surface area contributed by atoms with E-state index >= 15 is 0 Å². The highest BCUT2D eigenvalue weighted by Gasteiger charge is 2.49. The average Bonchev–Trinajstić information content (AvgIpc) is 2.65. The van der Waals surface area contributed by atoms with E-state index < -0.39 is 5.60 Å². The summed E-state index contributed by atoms with van der Waals surface area (Å²) in [5.74, 6) is 0.0401. The van der Waals surface area contributed by atoms with Crippen molar-refractivity contribution in [3.63, 3.8) is 0 Å². The number of carbonyl (C=O) groups excluding carboxylic acids is 1. The Morgan fingerprint density at radius 1 is 1.35 bits per heavy atom. The van der Waals surface area contributed by atoms with Crippen molar-refractivity contribution in [2.24, 2.45) is 11.3 Å². The van der Waals surface area contributed by atoms with Gasteiger partial charge in [0, 0.05) is 5.57 Å². The largest absolute Gasteiger partial charge is 0.457 e. The Bertz CT molecular complexity index is 466. The number of cyclic esters (lactones) is 1. The number of hydrogen-bond donors (Lipinski definition) is 1. The van der Waals surface area contributed by atoms with Crippen molar-refractivity contribution in [3.8, 4) is 0 Å². The fourth-order valence-electron chi connectivity index (χ4n) is 3.53. The molecule has 2 aliphatic carbocycles. The molecule has 92 valence electrons. The normalized spacial score (nSPS) is 38.7. The van der Waals surface area contributed by atoms with Crippen LogP contribution >= 0.6 is 0 Å². The topological polar surface area (TPSA) is 46.5 Å². The highest BCUT2D eigenvalue weighted by Crippen LogP contribution is 2.52. The van der Waals surface area contributed by atoms with Crippen LogP contribution < -0.4 is 0 Å². The molecule has 2 atom stereocenters. The second kappa shape index (κ2) is 3.02. The van der Waals surface area contributed by atoms with Gasteiger partial charge in [-0.2, -0.15) is 0 Å². The summed E-state index contributed by atoms with van der Waals surface area (Å²) in [4.78, 5) is 11.8. The van der Waals surface area contributed by atoms with Gasteiger partial charge in [-0.1, -0.05) is 19.9 Å². The Morgan fingerprint density at radius 3 is 2.76 bits per heavy atom. The first-order chi connectivity index (χ1) is 7.80. The van der Waals surface area contributed by atoms with Crippen molar-refractivity contribution in [2.75, 3.05) is 6.61 Å².